The minimum atomic E-state index is -0.833. The molecule has 1 heterocycles. The van der Waals surface area contributed by atoms with E-state index >= 15 is 0 Å². The van der Waals surface area contributed by atoms with E-state index < -0.39 is 5.97 Å². The number of aliphatic carboxylic acids is 1. The third-order valence-corrected chi connectivity index (χ3v) is 3.47. The van der Waals surface area contributed by atoms with Gasteiger partial charge in [0, 0.05) is 24.0 Å². The third kappa shape index (κ3) is 3.81. The lowest BCUT2D eigenvalue weighted by Gasteiger charge is -2.22. The smallest absolute Gasteiger partial charge is 0.317 e. The zero-order valence-electron chi connectivity index (χ0n) is 10.5. The van der Waals surface area contributed by atoms with Gasteiger partial charge in [-0.2, -0.15) is 0 Å². The second-order valence-corrected chi connectivity index (χ2v) is 5.49. The zero-order chi connectivity index (χ0) is 13.8. The summed E-state index contributed by atoms with van der Waals surface area (Å²) < 4.78 is 6.86. The molecular formula is C14H16BrNO3. The van der Waals surface area contributed by atoms with Crippen molar-refractivity contribution < 1.29 is 14.6 Å². The molecule has 1 aliphatic rings. The average Bonchev–Trinajstić information content (AvgIpc) is 2.69. The highest BCUT2D eigenvalue weighted by molar-refractivity contribution is 9.10. The van der Waals surface area contributed by atoms with Crippen molar-refractivity contribution in [2.75, 3.05) is 19.6 Å². The van der Waals surface area contributed by atoms with Crippen LogP contribution in [0.1, 0.15) is 5.56 Å². The molecule has 19 heavy (non-hydrogen) atoms. The van der Waals surface area contributed by atoms with E-state index in [1.807, 2.05) is 23.1 Å². The number of rotatable bonds is 6. The van der Waals surface area contributed by atoms with Crippen LogP contribution in [0, 0.1) is 0 Å². The Bertz CT molecular complexity index is 490. The maximum Gasteiger partial charge on any atom is 0.317 e. The number of hydrogen-bond donors (Lipinski definition) is 1. The molecule has 0 radical (unpaired) electrons. The highest BCUT2D eigenvalue weighted by atomic mass is 79.9. The molecule has 1 unspecified atom stereocenters. The first kappa shape index (κ1) is 14.1. The summed E-state index contributed by atoms with van der Waals surface area (Å²) in [6.07, 6.45) is 2.52. The molecule has 1 atom stereocenters. The van der Waals surface area contributed by atoms with E-state index in [1.54, 1.807) is 6.08 Å². The van der Waals surface area contributed by atoms with E-state index in [1.165, 1.54) is 0 Å². The van der Waals surface area contributed by atoms with Crippen molar-refractivity contribution in [1.82, 2.24) is 4.90 Å². The first-order valence-corrected chi connectivity index (χ1v) is 6.88. The summed E-state index contributed by atoms with van der Waals surface area (Å²) in [7, 11) is 0. The van der Waals surface area contributed by atoms with Crippen molar-refractivity contribution >= 4 is 21.9 Å². The SMILES string of the molecule is C=CCN(CC(=O)O)CC1Cc2cc(Br)ccc2O1. The van der Waals surface area contributed by atoms with Gasteiger partial charge in [-0.1, -0.05) is 22.0 Å². The van der Waals surface area contributed by atoms with Gasteiger partial charge in [-0.15, -0.1) is 6.58 Å². The quantitative estimate of drug-likeness (QED) is 0.815. The fourth-order valence-electron chi connectivity index (χ4n) is 2.26. The number of nitrogens with zero attached hydrogens (tertiary/aromatic N) is 1. The predicted molar refractivity (Wildman–Crippen MR) is 76.5 cm³/mol. The summed E-state index contributed by atoms with van der Waals surface area (Å²) >= 11 is 3.44. The number of carboxylic acids is 1. The zero-order valence-corrected chi connectivity index (χ0v) is 12.1. The predicted octanol–water partition coefficient (Wildman–Crippen LogP) is 2.33. The molecule has 102 valence electrons. The normalized spacial score (nSPS) is 17.1. The van der Waals surface area contributed by atoms with Crippen LogP contribution in [0.3, 0.4) is 0 Å². The Hall–Kier alpha value is -1.33. The lowest BCUT2D eigenvalue weighted by molar-refractivity contribution is -0.138. The van der Waals surface area contributed by atoms with E-state index in [0.717, 1.165) is 22.2 Å². The Morgan fingerprint density at radius 2 is 2.42 bits per heavy atom. The van der Waals surface area contributed by atoms with Crippen LogP contribution in [0.2, 0.25) is 0 Å². The molecule has 4 nitrogen and oxygen atoms in total. The molecule has 0 fully saturated rings. The Balaban J connectivity index is 1.97. The van der Waals surface area contributed by atoms with Gasteiger partial charge in [0.1, 0.15) is 11.9 Å². The van der Waals surface area contributed by atoms with Crippen LogP contribution in [-0.4, -0.2) is 41.7 Å². The standard InChI is InChI=1S/C14H16BrNO3/c1-2-5-16(9-14(17)18)8-12-7-10-6-11(15)3-4-13(10)19-12/h2-4,6,12H,1,5,7-9H2,(H,17,18). The molecule has 0 spiro atoms. The van der Waals surface area contributed by atoms with Gasteiger partial charge in [-0.25, -0.2) is 0 Å². The summed E-state index contributed by atoms with van der Waals surface area (Å²) in [5, 5.41) is 8.87. The molecule has 5 heteroatoms. The molecular weight excluding hydrogens is 310 g/mol. The van der Waals surface area contributed by atoms with Crippen molar-refractivity contribution in [3.63, 3.8) is 0 Å². The van der Waals surface area contributed by atoms with Gasteiger partial charge in [0.15, 0.2) is 0 Å². The largest absolute Gasteiger partial charge is 0.488 e. The van der Waals surface area contributed by atoms with Gasteiger partial charge < -0.3 is 9.84 Å². The first-order chi connectivity index (χ1) is 9.08. The molecule has 1 N–H and O–H groups in total. The van der Waals surface area contributed by atoms with E-state index in [4.69, 9.17) is 9.84 Å². The highest BCUT2D eigenvalue weighted by Gasteiger charge is 2.25. The molecule has 0 bridgehead atoms. The first-order valence-electron chi connectivity index (χ1n) is 6.08. The van der Waals surface area contributed by atoms with Gasteiger partial charge in [0.05, 0.1) is 6.54 Å². The van der Waals surface area contributed by atoms with Crippen LogP contribution in [0.15, 0.2) is 35.3 Å². The van der Waals surface area contributed by atoms with Crippen molar-refractivity contribution in [1.29, 1.82) is 0 Å². The molecule has 0 aromatic heterocycles. The van der Waals surface area contributed by atoms with Gasteiger partial charge in [0.25, 0.3) is 0 Å². The Morgan fingerprint density at radius 1 is 1.63 bits per heavy atom. The molecule has 0 aliphatic carbocycles. The number of benzene rings is 1. The molecule has 0 saturated carbocycles. The van der Waals surface area contributed by atoms with Gasteiger partial charge in [0.2, 0.25) is 0 Å². The number of hydrogen-bond acceptors (Lipinski definition) is 3. The van der Waals surface area contributed by atoms with Crippen LogP contribution < -0.4 is 4.74 Å². The number of fused-ring (bicyclic) bond motifs is 1. The number of carbonyl (C=O) groups is 1. The van der Waals surface area contributed by atoms with Crippen LogP contribution in [0.5, 0.6) is 5.75 Å². The molecule has 1 aromatic rings. The van der Waals surface area contributed by atoms with E-state index in [-0.39, 0.29) is 12.6 Å². The molecule has 0 amide bonds. The molecule has 0 saturated heterocycles. The Labute approximate surface area is 120 Å². The fourth-order valence-corrected chi connectivity index (χ4v) is 2.66. The topological polar surface area (TPSA) is 49.8 Å². The summed E-state index contributed by atoms with van der Waals surface area (Å²) in [5.74, 6) is 0.0576. The van der Waals surface area contributed by atoms with Gasteiger partial charge >= 0.3 is 5.97 Å². The Morgan fingerprint density at radius 3 is 3.11 bits per heavy atom. The van der Waals surface area contributed by atoms with Crippen molar-refractivity contribution in [2.24, 2.45) is 0 Å². The molecule has 1 aromatic carbocycles. The minimum absolute atomic E-state index is 0.00333. The van der Waals surface area contributed by atoms with E-state index in [2.05, 4.69) is 22.5 Å². The summed E-state index contributed by atoms with van der Waals surface area (Å²) in [4.78, 5) is 12.6. The number of ether oxygens (including phenoxy) is 1. The Kier molecular flexibility index (Phi) is 4.61. The van der Waals surface area contributed by atoms with Crippen LogP contribution in [0.25, 0.3) is 0 Å². The molecule has 2 rings (SSSR count). The van der Waals surface area contributed by atoms with Crippen molar-refractivity contribution in [3.05, 3.63) is 40.9 Å². The fraction of sp³-hybridized carbons (Fsp3) is 0.357. The minimum Gasteiger partial charge on any atom is -0.488 e. The summed E-state index contributed by atoms with van der Waals surface area (Å²) in [6.45, 7) is 4.79. The molecule has 1 aliphatic heterocycles. The van der Waals surface area contributed by atoms with Gasteiger partial charge in [-0.3, -0.25) is 9.69 Å². The maximum atomic E-state index is 10.8. The monoisotopic (exact) mass is 325 g/mol. The lowest BCUT2D eigenvalue weighted by Crippen LogP contribution is -2.38. The highest BCUT2D eigenvalue weighted by Crippen LogP contribution is 2.31. The number of carboxylic acid groups (broad SMARTS) is 1. The van der Waals surface area contributed by atoms with Crippen LogP contribution in [0.4, 0.5) is 0 Å². The maximum absolute atomic E-state index is 10.8. The summed E-state index contributed by atoms with van der Waals surface area (Å²) in [5.41, 5.74) is 1.16. The lowest BCUT2D eigenvalue weighted by atomic mass is 10.1. The van der Waals surface area contributed by atoms with Crippen molar-refractivity contribution in [3.8, 4) is 5.75 Å². The van der Waals surface area contributed by atoms with E-state index in [0.29, 0.717) is 13.1 Å². The average molecular weight is 326 g/mol. The third-order valence-electron chi connectivity index (χ3n) is 2.97. The second-order valence-electron chi connectivity index (χ2n) is 4.57. The van der Waals surface area contributed by atoms with Crippen molar-refractivity contribution in [2.45, 2.75) is 12.5 Å². The van der Waals surface area contributed by atoms with Crippen LogP contribution >= 0.6 is 15.9 Å². The second kappa shape index (κ2) is 6.21. The van der Waals surface area contributed by atoms with Gasteiger partial charge in [-0.05, 0) is 23.8 Å². The number of halogens is 1. The van der Waals surface area contributed by atoms with Crippen LogP contribution in [-0.2, 0) is 11.2 Å². The van der Waals surface area contributed by atoms with E-state index in [9.17, 15) is 4.79 Å². The summed E-state index contributed by atoms with van der Waals surface area (Å²) in [6, 6.07) is 5.93.